The monoisotopic (exact) mass is 345 g/mol. The van der Waals surface area contributed by atoms with Crippen LogP contribution in [-0.2, 0) is 10.0 Å². The van der Waals surface area contributed by atoms with Gasteiger partial charge in [-0.15, -0.1) is 0 Å². The molecule has 5 nitrogen and oxygen atoms in total. The molecule has 0 saturated carbocycles. The first-order valence-corrected chi connectivity index (χ1v) is 9.63. The van der Waals surface area contributed by atoms with Crippen molar-refractivity contribution < 1.29 is 8.42 Å². The largest absolute Gasteiger partial charge is 0.399 e. The summed E-state index contributed by atoms with van der Waals surface area (Å²) in [4.78, 5) is 2.61. The number of piperazine rings is 1. The number of sulfonamides is 1. The normalized spacial score (nSPS) is 17.0. The molecule has 2 aromatic rings. The summed E-state index contributed by atoms with van der Waals surface area (Å²) < 4.78 is 27.1. The Labute approximate surface area is 143 Å². The van der Waals surface area contributed by atoms with Gasteiger partial charge in [0.1, 0.15) is 0 Å². The number of nitrogens with zero attached hydrogens (tertiary/aromatic N) is 2. The molecule has 1 heterocycles. The fraction of sp³-hybridized carbons (Fsp3) is 0.333. The smallest absolute Gasteiger partial charge is 0.243 e. The van der Waals surface area contributed by atoms with Gasteiger partial charge in [0, 0.05) is 31.9 Å². The maximum atomic E-state index is 12.8. The minimum atomic E-state index is -3.42. The van der Waals surface area contributed by atoms with Crippen LogP contribution < -0.4 is 5.73 Å². The Morgan fingerprint density at radius 3 is 2.21 bits per heavy atom. The van der Waals surface area contributed by atoms with E-state index < -0.39 is 10.0 Å². The Hall–Kier alpha value is -1.89. The van der Waals surface area contributed by atoms with Crippen LogP contribution in [0.15, 0.2) is 53.4 Å². The average Bonchev–Trinajstić information content (AvgIpc) is 2.62. The summed E-state index contributed by atoms with van der Waals surface area (Å²) in [6.45, 7) is 5.73. The number of rotatable bonds is 4. The summed E-state index contributed by atoms with van der Waals surface area (Å²) in [5, 5.41) is 0. The standard InChI is InChI=1S/C18H23N3O2S/c1-2-20-10-12-21(13-11-20)24(22,23)18-8-6-15(7-9-18)16-4-3-5-17(19)14-16/h3-9,14H,2,10-13,19H2,1H3. The van der Waals surface area contributed by atoms with Gasteiger partial charge >= 0.3 is 0 Å². The Bertz CT molecular complexity index is 795. The van der Waals surface area contributed by atoms with Gasteiger partial charge in [0.15, 0.2) is 0 Å². The van der Waals surface area contributed by atoms with Gasteiger partial charge < -0.3 is 10.6 Å². The van der Waals surface area contributed by atoms with Crippen molar-refractivity contribution in [3.05, 3.63) is 48.5 Å². The van der Waals surface area contributed by atoms with E-state index in [-0.39, 0.29) is 0 Å². The van der Waals surface area contributed by atoms with Gasteiger partial charge in [0.05, 0.1) is 4.90 Å². The minimum absolute atomic E-state index is 0.347. The van der Waals surface area contributed by atoms with Crippen molar-refractivity contribution >= 4 is 15.7 Å². The number of hydrogen-bond acceptors (Lipinski definition) is 4. The Balaban J connectivity index is 1.80. The molecule has 0 aliphatic carbocycles. The van der Waals surface area contributed by atoms with Crippen molar-refractivity contribution in [2.45, 2.75) is 11.8 Å². The van der Waals surface area contributed by atoms with Gasteiger partial charge in [-0.3, -0.25) is 0 Å². The lowest BCUT2D eigenvalue weighted by molar-refractivity contribution is 0.196. The molecular weight excluding hydrogens is 322 g/mol. The Kier molecular flexibility index (Phi) is 4.89. The lowest BCUT2D eigenvalue weighted by atomic mass is 10.1. The molecule has 2 aromatic carbocycles. The lowest BCUT2D eigenvalue weighted by Crippen LogP contribution is -2.48. The summed E-state index contributed by atoms with van der Waals surface area (Å²) in [5.74, 6) is 0. The molecule has 1 saturated heterocycles. The highest BCUT2D eigenvalue weighted by molar-refractivity contribution is 7.89. The molecule has 0 amide bonds. The molecule has 0 spiro atoms. The molecule has 0 unspecified atom stereocenters. The number of benzene rings is 2. The van der Waals surface area contributed by atoms with Gasteiger partial charge in [-0.1, -0.05) is 31.2 Å². The molecule has 6 heteroatoms. The zero-order chi connectivity index (χ0) is 17.2. The quantitative estimate of drug-likeness (QED) is 0.863. The maximum absolute atomic E-state index is 12.8. The van der Waals surface area contributed by atoms with Gasteiger partial charge in [-0.25, -0.2) is 8.42 Å². The third-order valence-corrected chi connectivity index (χ3v) is 6.40. The van der Waals surface area contributed by atoms with Gasteiger partial charge in [0.25, 0.3) is 0 Å². The highest BCUT2D eigenvalue weighted by Crippen LogP contribution is 2.24. The summed E-state index contributed by atoms with van der Waals surface area (Å²) in [6, 6.07) is 14.6. The molecule has 0 bridgehead atoms. The molecule has 24 heavy (non-hydrogen) atoms. The van der Waals surface area contributed by atoms with Crippen LogP contribution in [0.1, 0.15) is 6.92 Å². The highest BCUT2D eigenvalue weighted by Gasteiger charge is 2.27. The second-order valence-corrected chi connectivity index (χ2v) is 7.93. The molecule has 1 aliphatic heterocycles. The Morgan fingerprint density at radius 1 is 0.958 bits per heavy atom. The first-order valence-electron chi connectivity index (χ1n) is 8.19. The van der Waals surface area contributed by atoms with E-state index >= 15 is 0 Å². The van der Waals surface area contributed by atoms with E-state index in [4.69, 9.17) is 5.73 Å². The minimum Gasteiger partial charge on any atom is -0.399 e. The topological polar surface area (TPSA) is 66.6 Å². The number of nitrogen functional groups attached to an aromatic ring is 1. The second kappa shape index (κ2) is 6.93. The van der Waals surface area contributed by atoms with E-state index in [9.17, 15) is 8.42 Å². The van der Waals surface area contributed by atoms with E-state index in [1.165, 1.54) is 0 Å². The molecule has 0 aromatic heterocycles. The summed E-state index contributed by atoms with van der Waals surface area (Å²) in [5.41, 5.74) is 8.44. The van der Waals surface area contributed by atoms with E-state index in [1.54, 1.807) is 16.4 Å². The fourth-order valence-corrected chi connectivity index (χ4v) is 4.39. The molecular formula is C18H23N3O2S. The Morgan fingerprint density at radius 2 is 1.62 bits per heavy atom. The van der Waals surface area contributed by atoms with E-state index in [1.807, 2.05) is 36.4 Å². The molecule has 128 valence electrons. The predicted molar refractivity (Wildman–Crippen MR) is 97.2 cm³/mol. The zero-order valence-electron chi connectivity index (χ0n) is 13.9. The maximum Gasteiger partial charge on any atom is 0.243 e. The van der Waals surface area contributed by atoms with Gasteiger partial charge in [-0.2, -0.15) is 4.31 Å². The van der Waals surface area contributed by atoms with E-state index in [0.29, 0.717) is 23.7 Å². The second-order valence-electron chi connectivity index (χ2n) is 5.99. The summed E-state index contributed by atoms with van der Waals surface area (Å²) in [7, 11) is -3.42. The van der Waals surface area contributed by atoms with E-state index in [0.717, 1.165) is 30.8 Å². The van der Waals surface area contributed by atoms with Crippen molar-refractivity contribution in [1.29, 1.82) is 0 Å². The molecule has 1 aliphatic rings. The van der Waals surface area contributed by atoms with Crippen molar-refractivity contribution in [1.82, 2.24) is 9.21 Å². The SMILES string of the molecule is CCN1CCN(S(=O)(=O)c2ccc(-c3cccc(N)c3)cc2)CC1. The van der Waals surface area contributed by atoms with Crippen molar-refractivity contribution in [3.63, 3.8) is 0 Å². The predicted octanol–water partition coefficient (Wildman–Crippen LogP) is 2.26. The first kappa shape index (κ1) is 17.0. The lowest BCUT2D eigenvalue weighted by Gasteiger charge is -2.33. The van der Waals surface area contributed by atoms with Crippen LogP contribution in [0, 0.1) is 0 Å². The van der Waals surface area contributed by atoms with Crippen LogP contribution in [0.3, 0.4) is 0 Å². The van der Waals surface area contributed by atoms with Crippen LogP contribution in [-0.4, -0.2) is 50.3 Å². The van der Waals surface area contributed by atoms with Crippen LogP contribution in [0.5, 0.6) is 0 Å². The van der Waals surface area contributed by atoms with Gasteiger partial charge in [0.2, 0.25) is 10.0 Å². The average molecular weight is 345 g/mol. The number of nitrogens with two attached hydrogens (primary N) is 1. The van der Waals surface area contributed by atoms with Crippen LogP contribution in [0.2, 0.25) is 0 Å². The molecule has 1 fully saturated rings. The zero-order valence-corrected chi connectivity index (χ0v) is 14.7. The first-order chi connectivity index (χ1) is 11.5. The third-order valence-electron chi connectivity index (χ3n) is 4.49. The number of anilines is 1. The van der Waals surface area contributed by atoms with E-state index in [2.05, 4.69) is 11.8 Å². The highest BCUT2D eigenvalue weighted by atomic mass is 32.2. The van der Waals surface area contributed by atoms with Gasteiger partial charge in [-0.05, 0) is 41.9 Å². The van der Waals surface area contributed by atoms with Crippen LogP contribution in [0.25, 0.3) is 11.1 Å². The molecule has 2 N–H and O–H groups in total. The molecule has 3 rings (SSSR count). The van der Waals surface area contributed by atoms with Crippen LogP contribution >= 0.6 is 0 Å². The summed E-state index contributed by atoms with van der Waals surface area (Å²) >= 11 is 0. The fourth-order valence-electron chi connectivity index (χ4n) is 2.97. The number of likely N-dealkylation sites (N-methyl/N-ethyl adjacent to an activating group) is 1. The van der Waals surface area contributed by atoms with Crippen molar-refractivity contribution in [2.75, 3.05) is 38.5 Å². The molecule has 0 atom stereocenters. The van der Waals surface area contributed by atoms with Crippen molar-refractivity contribution in [3.8, 4) is 11.1 Å². The van der Waals surface area contributed by atoms with Crippen LogP contribution in [0.4, 0.5) is 5.69 Å². The molecule has 0 radical (unpaired) electrons. The number of hydrogen-bond donors (Lipinski definition) is 1. The van der Waals surface area contributed by atoms with Crippen molar-refractivity contribution in [2.24, 2.45) is 0 Å². The summed E-state index contributed by atoms with van der Waals surface area (Å²) in [6.07, 6.45) is 0. The third kappa shape index (κ3) is 3.45.